The summed E-state index contributed by atoms with van der Waals surface area (Å²) >= 11 is 0. The van der Waals surface area contributed by atoms with Crippen LogP contribution in [0.1, 0.15) is 5.56 Å². The quantitative estimate of drug-likeness (QED) is 0.501. The van der Waals surface area contributed by atoms with E-state index in [9.17, 15) is 10.1 Å². The third-order valence-electron chi connectivity index (χ3n) is 2.47. The number of rotatable bonds is 4. The molecule has 0 aliphatic carbocycles. The van der Waals surface area contributed by atoms with Gasteiger partial charge in [-0.15, -0.1) is 0 Å². The molecule has 0 saturated carbocycles. The highest BCUT2D eigenvalue weighted by molar-refractivity contribution is 5.56. The van der Waals surface area contributed by atoms with Gasteiger partial charge in [0.25, 0.3) is 5.69 Å². The molecule has 0 atom stereocenters. The van der Waals surface area contributed by atoms with E-state index in [0.29, 0.717) is 17.0 Å². The van der Waals surface area contributed by atoms with Crippen molar-refractivity contribution in [2.75, 3.05) is 5.43 Å². The largest absolute Gasteiger partial charge is 0.457 e. The van der Waals surface area contributed by atoms with Crippen molar-refractivity contribution < 1.29 is 9.66 Å². The van der Waals surface area contributed by atoms with Crippen LogP contribution in [-0.4, -0.2) is 4.92 Å². The first-order chi connectivity index (χ1) is 9.62. The average Bonchev–Trinajstić information content (AvgIpc) is 2.47. The number of benzene rings is 2. The minimum atomic E-state index is -0.542. The smallest absolute Gasteiger partial charge is 0.275 e. The van der Waals surface area contributed by atoms with Gasteiger partial charge in [0.1, 0.15) is 11.5 Å². The standard InChI is InChI=1S/C13H10N4O3/c14-8-9-2-1-3-12(4-9)20-13-6-10(16-15)5-11(7-13)17(18)19/h1-7,16H,15H2. The molecular weight excluding hydrogens is 260 g/mol. The predicted octanol–water partition coefficient (Wildman–Crippen LogP) is 2.54. The fourth-order valence-corrected chi connectivity index (χ4v) is 1.60. The molecule has 0 aliphatic rings. The van der Waals surface area contributed by atoms with Gasteiger partial charge in [-0.1, -0.05) is 6.07 Å². The van der Waals surface area contributed by atoms with Crippen molar-refractivity contribution in [3.63, 3.8) is 0 Å². The summed E-state index contributed by atoms with van der Waals surface area (Å²) in [5.74, 6) is 5.92. The molecule has 0 fully saturated rings. The summed E-state index contributed by atoms with van der Waals surface area (Å²) in [6.45, 7) is 0. The van der Waals surface area contributed by atoms with Crippen LogP contribution in [0.4, 0.5) is 11.4 Å². The van der Waals surface area contributed by atoms with E-state index in [1.807, 2.05) is 6.07 Å². The number of nitrogens with one attached hydrogen (secondary N) is 1. The van der Waals surface area contributed by atoms with Gasteiger partial charge < -0.3 is 10.2 Å². The number of nitro groups is 1. The molecule has 20 heavy (non-hydrogen) atoms. The summed E-state index contributed by atoms with van der Waals surface area (Å²) in [5.41, 5.74) is 2.98. The Kier molecular flexibility index (Phi) is 3.79. The molecule has 7 nitrogen and oxygen atoms in total. The van der Waals surface area contributed by atoms with Crippen LogP contribution in [-0.2, 0) is 0 Å². The molecule has 2 aromatic rings. The zero-order valence-electron chi connectivity index (χ0n) is 10.2. The number of nitrogen functional groups attached to an aromatic ring is 1. The lowest BCUT2D eigenvalue weighted by Crippen LogP contribution is -2.07. The van der Waals surface area contributed by atoms with Crippen LogP contribution in [0.2, 0.25) is 0 Å². The van der Waals surface area contributed by atoms with Crippen molar-refractivity contribution in [2.24, 2.45) is 5.84 Å². The first-order valence-corrected chi connectivity index (χ1v) is 5.56. The number of hydrogen-bond donors (Lipinski definition) is 2. The van der Waals surface area contributed by atoms with Crippen LogP contribution in [0.5, 0.6) is 11.5 Å². The monoisotopic (exact) mass is 270 g/mol. The van der Waals surface area contributed by atoms with Gasteiger partial charge in [0, 0.05) is 12.1 Å². The lowest BCUT2D eigenvalue weighted by Gasteiger charge is -2.08. The maximum atomic E-state index is 10.8. The van der Waals surface area contributed by atoms with Gasteiger partial charge in [0.05, 0.1) is 28.3 Å². The molecule has 0 spiro atoms. The summed E-state index contributed by atoms with van der Waals surface area (Å²) < 4.78 is 5.50. The Labute approximate surface area is 114 Å². The molecule has 0 heterocycles. The van der Waals surface area contributed by atoms with E-state index < -0.39 is 4.92 Å². The maximum absolute atomic E-state index is 10.8. The zero-order valence-corrected chi connectivity index (χ0v) is 10.2. The molecule has 0 bridgehead atoms. The topological polar surface area (TPSA) is 114 Å². The number of ether oxygens (including phenoxy) is 1. The highest BCUT2D eigenvalue weighted by Gasteiger charge is 2.11. The number of hydrogen-bond acceptors (Lipinski definition) is 6. The van der Waals surface area contributed by atoms with E-state index >= 15 is 0 Å². The minimum absolute atomic E-state index is 0.146. The molecule has 0 aromatic heterocycles. The van der Waals surface area contributed by atoms with Crippen molar-refractivity contribution in [3.05, 3.63) is 58.1 Å². The summed E-state index contributed by atoms with van der Waals surface area (Å²) in [7, 11) is 0. The van der Waals surface area contributed by atoms with Crippen molar-refractivity contribution in [3.8, 4) is 17.6 Å². The lowest BCUT2D eigenvalue weighted by molar-refractivity contribution is -0.384. The number of nitro benzene ring substituents is 1. The summed E-state index contributed by atoms with van der Waals surface area (Å²) in [6.07, 6.45) is 0. The van der Waals surface area contributed by atoms with Gasteiger partial charge >= 0.3 is 0 Å². The Morgan fingerprint density at radius 3 is 2.70 bits per heavy atom. The van der Waals surface area contributed by atoms with Crippen molar-refractivity contribution in [1.29, 1.82) is 5.26 Å². The molecule has 2 aromatic carbocycles. The van der Waals surface area contributed by atoms with Gasteiger partial charge in [-0.2, -0.15) is 5.26 Å². The number of anilines is 1. The summed E-state index contributed by atoms with van der Waals surface area (Å²) in [4.78, 5) is 10.3. The van der Waals surface area contributed by atoms with Crippen LogP contribution in [0, 0.1) is 21.4 Å². The molecule has 100 valence electrons. The van der Waals surface area contributed by atoms with E-state index in [4.69, 9.17) is 15.8 Å². The highest BCUT2D eigenvalue weighted by atomic mass is 16.6. The lowest BCUT2D eigenvalue weighted by atomic mass is 10.2. The van der Waals surface area contributed by atoms with E-state index in [1.165, 1.54) is 24.3 Å². The number of nitrogens with zero attached hydrogens (tertiary/aromatic N) is 2. The predicted molar refractivity (Wildman–Crippen MR) is 72.1 cm³/mol. The normalized spacial score (nSPS) is 9.60. The van der Waals surface area contributed by atoms with E-state index in [0.717, 1.165) is 0 Å². The third-order valence-corrected chi connectivity index (χ3v) is 2.47. The summed E-state index contributed by atoms with van der Waals surface area (Å²) in [6, 6.07) is 12.5. The fraction of sp³-hybridized carbons (Fsp3) is 0. The third kappa shape index (κ3) is 3.01. The highest BCUT2D eigenvalue weighted by Crippen LogP contribution is 2.29. The maximum Gasteiger partial charge on any atom is 0.275 e. The van der Waals surface area contributed by atoms with Gasteiger partial charge in [-0.05, 0) is 18.2 Å². The molecule has 0 amide bonds. The SMILES string of the molecule is N#Cc1cccc(Oc2cc(NN)cc([N+](=O)[O-])c2)c1. The second-order valence-corrected chi connectivity index (χ2v) is 3.86. The van der Waals surface area contributed by atoms with Crippen LogP contribution in [0.25, 0.3) is 0 Å². The Morgan fingerprint density at radius 1 is 1.25 bits per heavy atom. The number of nitriles is 1. The van der Waals surface area contributed by atoms with Gasteiger partial charge in [0.15, 0.2) is 0 Å². The van der Waals surface area contributed by atoms with Crippen LogP contribution < -0.4 is 16.0 Å². The van der Waals surface area contributed by atoms with Crippen LogP contribution in [0.3, 0.4) is 0 Å². The molecule has 0 radical (unpaired) electrons. The number of nitrogens with two attached hydrogens (primary N) is 1. The van der Waals surface area contributed by atoms with Gasteiger partial charge in [0.2, 0.25) is 0 Å². The second kappa shape index (κ2) is 5.69. The van der Waals surface area contributed by atoms with Gasteiger partial charge in [-0.3, -0.25) is 16.0 Å². The summed E-state index contributed by atoms with van der Waals surface area (Å²) in [5, 5.41) is 19.6. The fourth-order valence-electron chi connectivity index (χ4n) is 1.60. The Bertz CT molecular complexity index is 694. The molecule has 2 rings (SSSR count). The average molecular weight is 270 g/mol. The minimum Gasteiger partial charge on any atom is -0.457 e. The molecular formula is C13H10N4O3. The number of non-ortho nitro benzene ring substituents is 1. The van der Waals surface area contributed by atoms with E-state index in [1.54, 1.807) is 18.2 Å². The van der Waals surface area contributed by atoms with Crippen LogP contribution >= 0.6 is 0 Å². The Hall–Kier alpha value is -3.11. The molecule has 0 unspecified atom stereocenters. The van der Waals surface area contributed by atoms with Crippen molar-refractivity contribution >= 4 is 11.4 Å². The van der Waals surface area contributed by atoms with E-state index in [2.05, 4.69) is 5.43 Å². The first kappa shape index (κ1) is 13.3. The second-order valence-electron chi connectivity index (χ2n) is 3.86. The van der Waals surface area contributed by atoms with E-state index in [-0.39, 0.29) is 11.4 Å². The van der Waals surface area contributed by atoms with Crippen molar-refractivity contribution in [1.82, 2.24) is 0 Å². The Balaban J connectivity index is 2.35. The molecule has 0 aliphatic heterocycles. The number of hydrazine groups is 1. The van der Waals surface area contributed by atoms with Gasteiger partial charge in [-0.25, -0.2) is 0 Å². The molecule has 0 saturated heterocycles. The zero-order chi connectivity index (χ0) is 14.5. The van der Waals surface area contributed by atoms with Crippen molar-refractivity contribution in [2.45, 2.75) is 0 Å². The molecule has 3 N–H and O–H groups in total. The molecule has 7 heteroatoms. The van der Waals surface area contributed by atoms with Crippen LogP contribution in [0.15, 0.2) is 42.5 Å². The Morgan fingerprint density at radius 2 is 2.05 bits per heavy atom. The first-order valence-electron chi connectivity index (χ1n) is 5.56.